The summed E-state index contributed by atoms with van der Waals surface area (Å²) < 4.78 is 17.5. The van der Waals surface area contributed by atoms with E-state index in [2.05, 4.69) is 21.2 Å². The predicted octanol–water partition coefficient (Wildman–Crippen LogP) is 3.31. The van der Waals surface area contributed by atoms with E-state index in [1.165, 1.54) is 0 Å². The van der Waals surface area contributed by atoms with Gasteiger partial charge in [-0.1, -0.05) is 28.1 Å². The molecule has 0 fully saturated rings. The second kappa shape index (κ2) is 8.06. The fourth-order valence-corrected chi connectivity index (χ4v) is 2.68. The smallest absolute Gasteiger partial charge is 0.223 e. The monoisotopic (exact) mass is 391 g/mol. The lowest BCUT2D eigenvalue weighted by Gasteiger charge is -2.19. The lowest BCUT2D eigenvalue weighted by Crippen LogP contribution is -2.24. The molecule has 1 aliphatic rings. The summed E-state index contributed by atoms with van der Waals surface area (Å²) >= 11 is 3.38. The number of halogens is 1. The minimum absolute atomic E-state index is 0.0557. The first-order chi connectivity index (χ1) is 11.7. The van der Waals surface area contributed by atoms with E-state index in [9.17, 15) is 4.79 Å². The van der Waals surface area contributed by atoms with Gasteiger partial charge in [-0.3, -0.25) is 4.79 Å². The van der Waals surface area contributed by atoms with Crippen molar-refractivity contribution in [2.24, 2.45) is 0 Å². The minimum atomic E-state index is -0.0557. The largest absolute Gasteiger partial charge is 0.493 e. The molecule has 1 heterocycles. The van der Waals surface area contributed by atoms with Crippen LogP contribution in [0.3, 0.4) is 0 Å². The van der Waals surface area contributed by atoms with Gasteiger partial charge in [0, 0.05) is 11.0 Å². The number of hydrogen-bond donors (Lipinski definition) is 1. The van der Waals surface area contributed by atoms with Crippen molar-refractivity contribution in [3.05, 3.63) is 52.5 Å². The number of benzene rings is 2. The molecule has 3 rings (SSSR count). The van der Waals surface area contributed by atoms with E-state index in [1.807, 2.05) is 42.5 Å². The first kappa shape index (κ1) is 16.6. The van der Waals surface area contributed by atoms with Gasteiger partial charge in [0.1, 0.15) is 19.0 Å². The summed E-state index contributed by atoms with van der Waals surface area (Å²) in [6.07, 6.45) is 0.303. The van der Waals surface area contributed by atoms with Gasteiger partial charge >= 0.3 is 0 Å². The van der Waals surface area contributed by atoms with Gasteiger partial charge in [0.25, 0.3) is 0 Å². The molecule has 1 aliphatic heterocycles. The van der Waals surface area contributed by atoms with E-state index >= 15 is 0 Å². The molecule has 0 atom stereocenters. The molecule has 126 valence electrons. The third kappa shape index (κ3) is 4.64. The fraction of sp³-hybridized carbons (Fsp3) is 0.278. The summed E-state index contributed by atoms with van der Waals surface area (Å²) in [6, 6.07) is 13.2. The van der Waals surface area contributed by atoms with Gasteiger partial charge in [0.15, 0.2) is 11.5 Å². The summed E-state index contributed by atoms with van der Waals surface area (Å²) in [4.78, 5) is 11.9. The van der Waals surface area contributed by atoms with Crippen LogP contribution in [0.4, 0.5) is 0 Å². The Bertz CT molecular complexity index is 720. The summed E-state index contributed by atoms with van der Waals surface area (Å²) in [5.74, 6) is 2.16. The molecule has 2 aromatic carbocycles. The van der Waals surface area contributed by atoms with Crippen molar-refractivity contribution < 1.29 is 19.0 Å². The minimum Gasteiger partial charge on any atom is -0.493 e. The van der Waals surface area contributed by atoms with Crippen molar-refractivity contribution in [2.45, 2.75) is 13.0 Å². The maximum absolute atomic E-state index is 11.9. The van der Waals surface area contributed by atoms with Gasteiger partial charge in [-0.25, -0.2) is 0 Å². The van der Waals surface area contributed by atoms with E-state index in [0.29, 0.717) is 32.8 Å². The van der Waals surface area contributed by atoms with Crippen LogP contribution in [0.5, 0.6) is 17.2 Å². The quantitative estimate of drug-likeness (QED) is 0.820. The van der Waals surface area contributed by atoms with Crippen molar-refractivity contribution in [2.75, 3.05) is 19.8 Å². The van der Waals surface area contributed by atoms with Crippen LogP contribution in [0.15, 0.2) is 46.9 Å². The van der Waals surface area contributed by atoms with Crippen molar-refractivity contribution in [1.82, 2.24) is 5.32 Å². The molecule has 0 saturated heterocycles. The van der Waals surface area contributed by atoms with E-state index in [0.717, 1.165) is 27.3 Å². The number of amides is 1. The Morgan fingerprint density at radius 3 is 2.79 bits per heavy atom. The number of ether oxygens (including phenoxy) is 3. The summed E-state index contributed by atoms with van der Waals surface area (Å²) in [7, 11) is 0. The lowest BCUT2D eigenvalue weighted by atomic mass is 10.2. The Morgan fingerprint density at radius 1 is 1.12 bits per heavy atom. The van der Waals surface area contributed by atoms with E-state index in [1.54, 1.807) is 0 Å². The predicted molar refractivity (Wildman–Crippen MR) is 93.5 cm³/mol. The molecule has 1 N–H and O–H groups in total. The van der Waals surface area contributed by atoms with Crippen molar-refractivity contribution >= 4 is 21.8 Å². The average Bonchev–Trinajstić information content (AvgIpc) is 2.60. The van der Waals surface area contributed by atoms with Crippen LogP contribution in [0.25, 0.3) is 0 Å². The molecule has 0 aliphatic carbocycles. The van der Waals surface area contributed by atoms with Crippen LogP contribution in [0.1, 0.15) is 12.0 Å². The maximum atomic E-state index is 11.9. The molecular formula is C18H18BrNO4. The number of hydrogen-bond acceptors (Lipinski definition) is 4. The first-order valence-corrected chi connectivity index (χ1v) is 8.53. The number of fused-ring (bicyclic) bond motifs is 1. The zero-order valence-corrected chi connectivity index (χ0v) is 14.7. The van der Waals surface area contributed by atoms with Crippen LogP contribution in [-0.2, 0) is 11.3 Å². The van der Waals surface area contributed by atoms with Crippen LogP contribution in [0.2, 0.25) is 0 Å². The highest BCUT2D eigenvalue weighted by Gasteiger charge is 2.12. The molecule has 5 nitrogen and oxygen atoms in total. The highest BCUT2D eigenvalue weighted by molar-refractivity contribution is 9.10. The summed E-state index contributed by atoms with van der Waals surface area (Å²) in [6.45, 7) is 1.91. The van der Waals surface area contributed by atoms with Crippen molar-refractivity contribution in [1.29, 1.82) is 0 Å². The Balaban J connectivity index is 1.42. The molecule has 6 heteroatoms. The molecule has 0 radical (unpaired) electrons. The molecule has 24 heavy (non-hydrogen) atoms. The number of nitrogens with one attached hydrogen (secondary N) is 1. The molecule has 1 amide bonds. The normalized spacial score (nSPS) is 12.5. The third-order valence-electron chi connectivity index (χ3n) is 3.49. The Labute approximate surface area is 149 Å². The zero-order chi connectivity index (χ0) is 16.8. The van der Waals surface area contributed by atoms with Gasteiger partial charge < -0.3 is 19.5 Å². The van der Waals surface area contributed by atoms with E-state index in [4.69, 9.17) is 14.2 Å². The molecule has 2 aromatic rings. The highest BCUT2D eigenvalue weighted by atomic mass is 79.9. The molecular weight excluding hydrogens is 374 g/mol. The Kier molecular flexibility index (Phi) is 5.59. The first-order valence-electron chi connectivity index (χ1n) is 7.74. The van der Waals surface area contributed by atoms with E-state index < -0.39 is 0 Å². The van der Waals surface area contributed by atoms with Gasteiger partial charge in [-0.05, 0) is 35.9 Å². The van der Waals surface area contributed by atoms with Crippen molar-refractivity contribution in [3.63, 3.8) is 0 Å². The second-order valence-corrected chi connectivity index (χ2v) is 6.23. The van der Waals surface area contributed by atoms with Crippen LogP contribution in [-0.4, -0.2) is 25.7 Å². The highest BCUT2D eigenvalue weighted by Crippen LogP contribution is 2.30. The van der Waals surface area contributed by atoms with Crippen LogP contribution < -0.4 is 19.5 Å². The van der Waals surface area contributed by atoms with Gasteiger partial charge in [-0.15, -0.1) is 0 Å². The molecule has 0 aromatic heterocycles. The third-order valence-corrected chi connectivity index (χ3v) is 3.98. The Morgan fingerprint density at radius 2 is 1.96 bits per heavy atom. The summed E-state index contributed by atoms with van der Waals surface area (Å²) in [5.41, 5.74) is 0.973. The zero-order valence-electron chi connectivity index (χ0n) is 13.1. The topological polar surface area (TPSA) is 56.8 Å². The molecule has 0 unspecified atom stereocenters. The van der Waals surface area contributed by atoms with Gasteiger partial charge in [0.2, 0.25) is 5.91 Å². The standard InChI is InChI=1S/C18H18BrNO4/c19-14-2-1-3-15(11-14)22-7-6-18(21)20-12-13-4-5-16-17(10-13)24-9-8-23-16/h1-5,10-11H,6-9,12H2,(H,20,21). The fourth-order valence-electron chi connectivity index (χ4n) is 2.31. The summed E-state index contributed by atoms with van der Waals surface area (Å²) in [5, 5.41) is 2.88. The molecule has 0 bridgehead atoms. The number of rotatable bonds is 6. The maximum Gasteiger partial charge on any atom is 0.223 e. The lowest BCUT2D eigenvalue weighted by molar-refractivity contribution is -0.121. The van der Waals surface area contributed by atoms with Crippen molar-refractivity contribution in [3.8, 4) is 17.2 Å². The molecule has 0 saturated carbocycles. The van der Waals surface area contributed by atoms with Gasteiger partial charge in [0.05, 0.1) is 13.0 Å². The molecule has 0 spiro atoms. The average molecular weight is 392 g/mol. The second-order valence-electron chi connectivity index (χ2n) is 5.31. The SMILES string of the molecule is O=C(CCOc1cccc(Br)c1)NCc1ccc2c(c1)OCCO2. The van der Waals surface area contributed by atoms with Crippen LogP contribution >= 0.6 is 15.9 Å². The van der Waals surface area contributed by atoms with Gasteiger partial charge in [-0.2, -0.15) is 0 Å². The number of carbonyl (C=O) groups is 1. The Hall–Kier alpha value is -2.21. The van der Waals surface area contributed by atoms with E-state index in [-0.39, 0.29) is 5.91 Å². The number of carbonyl (C=O) groups excluding carboxylic acids is 1. The van der Waals surface area contributed by atoms with Crippen LogP contribution in [0, 0.1) is 0 Å².